The van der Waals surface area contributed by atoms with E-state index in [1.165, 1.54) is 6.20 Å². The summed E-state index contributed by atoms with van der Waals surface area (Å²) in [6.45, 7) is 10.3. The van der Waals surface area contributed by atoms with Crippen LogP contribution in [0.15, 0.2) is 12.3 Å². The molecule has 2 atom stereocenters. The SMILES string of the molecule is CC1(C)C[C@]2(CN3CCOCC3)CN(c3nccc(C(F)(F)F)n3)C[C@H]12. The summed E-state index contributed by atoms with van der Waals surface area (Å²) < 4.78 is 44.4. The van der Waals surface area contributed by atoms with Crippen molar-refractivity contribution in [1.82, 2.24) is 14.9 Å². The normalized spacial score (nSPS) is 31.6. The van der Waals surface area contributed by atoms with Crippen LogP contribution in [0.3, 0.4) is 0 Å². The molecule has 1 aromatic heterocycles. The molecular formula is C18H25F3N4O. The van der Waals surface area contributed by atoms with E-state index in [0.717, 1.165) is 58.4 Å². The predicted molar refractivity (Wildman–Crippen MR) is 90.8 cm³/mol. The van der Waals surface area contributed by atoms with Gasteiger partial charge in [-0.1, -0.05) is 13.8 Å². The van der Waals surface area contributed by atoms with E-state index >= 15 is 0 Å². The van der Waals surface area contributed by atoms with Gasteiger partial charge in [0, 0.05) is 44.3 Å². The lowest BCUT2D eigenvalue weighted by Crippen LogP contribution is -2.59. The zero-order valence-electron chi connectivity index (χ0n) is 15.2. The second-order valence-electron chi connectivity index (χ2n) is 8.59. The molecule has 1 saturated carbocycles. The van der Waals surface area contributed by atoms with E-state index in [2.05, 4.69) is 28.7 Å². The number of anilines is 1. The van der Waals surface area contributed by atoms with E-state index in [0.29, 0.717) is 5.92 Å². The average Bonchev–Trinajstić information content (AvgIpc) is 2.90. The summed E-state index contributed by atoms with van der Waals surface area (Å²) in [4.78, 5) is 12.3. The molecule has 3 aliphatic rings. The standard InChI is InChI=1S/C18H25F3N4O/c1-16(2)10-17(11-24-5-7-26-8-6-24)12-25(9-13(16)17)15-22-4-3-14(23-15)18(19,20)21/h3-4,13H,5-12H2,1-2H3/t13-,17+/m1/s1. The molecule has 2 aliphatic heterocycles. The number of hydrogen-bond acceptors (Lipinski definition) is 5. The van der Waals surface area contributed by atoms with Crippen molar-refractivity contribution in [2.45, 2.75) is 26.4 Å². The van der Waals surface area contributed by atoms with E-state index < -0.39 is 11.9 Å². The number of hydrogen-bond donors (Lipinski definition) is 0. The van der Waals surface area contributed by atoms with E-state index in [9.17, 15) is 13.2 Å². The number of halogens is 3. The molecule has 0 N–H and O–H groups in total. The third-order valence-electron chi connectivity index (χ3n) is 6.26. The van der Waals surface area contributed by atoms with Crippen LogP contribution in [0, 0.1) is 16.7 Å². The van der Waals surface area contributed by atoms with Crippen molar-refractivity contribution in [3.63, 3.8) is 0 Å². The van der Waals surface area contributed by atoms with Gasteiger partial charge in [0.15, 0.2) is 0 Å². The maximum Gasteiger partial charge on any atom is 0.433 e. The van der Waals surface area contributed by atoms with Gasteiger partial charge < -0.3 is 9.64 Å². The third-order valence-corrected chi connectivity index (χ3v) is 6.26. The molecule has 1 aliphatic carbocycles. The summed E-state index contributed by atoms with van der Waals surface area (Å²) in [6.07, 6.45) is -2.15. The van der Waals surface area contributed by atoms with E-state index in [1.807, 2.05) is 4.90 Å². The molecule has 3 heterocycles. The van der Waals surface area contributed by atoms with Crippen LogP contribution >= 0.6 is 0 Å². The Morgan fingerprint density at radius 3 is 2.65 bits per heavy atom. The lowest BCUT2D eigenvalue weighted by atomic mass is 9.48. The van der Waals surface area contributed by atoms with Gasteiger partial charge in [-0.25, -0.2) is 9.97 Å². The highest BCUT2D eigenvalue weighted by atomic mass is 19.4. The van der Waals surface area contributed by atoms with E-state index in [-0.39, 0.29) is 16.8 Å². The van der Waals surface area contributed by atoms with Gasteiger partial charge in [-0.2, -0.15) is 13.2 Å². The number of alkyl halides is 3. The molecule has 0 unspecified atom stereocenters. The largest absolute Gasteiger partial charge is 0.433 e. The first-order chi connectivity index (χ1) is 12.2. The van der Waals surface area contributed by atoms with Gasteiger partial charge in [-0.15, -0.1) is 0 Å². The van der Waals surface area contributed by atoms with Gasteiger partial charge >= 0.3 is 6.18 Å². The molecule has 3 fully saturated rings. The Morgan fingerprint density at radius 2 is 2.00 bits per heavy atom. The van der Waals surface area contributed by atoms with Crippen LogP contribution in [0.5, 0.6) is 0 Å². The van der Waals surface area contributed by atoms with Crippen LogP contribution < -0.4 is 4.90 Å². The van der Waals surface area contributed by atoms with Crippen molar-refractivity contribution in [2.75, 3.05) is 50.8 Å². The molecule has 5 nitrogen and oxygen atoms in total. The smallest absolute Gasteiger partial charge is 0.379 e. The first kappa shape index (κ1) is 18.0. The molecule has 8 heteroatoms. The molecule has 0 bridgehead atoms. The maximum atomic E-state index is 13.0. The monoisotopic (exact) mass is 370 g/mol. The van der Waals surface area contributed by atoms with Gasteiger partial charge in [0.1, 0.15) is 5.69 Å². The first-order valence-electron chi connectivity index (χ1n) is 9.15. The minimum atomic E-state index is -4.44. The number of aromatic nitrogens is 2. The fourth-order valence-electron chi connectivity index (χ4n) is 5.36. The molecule has 2 saturated heterocycles. The fraction of sp³-hybridized carbons (Fsp3) is 0.778. The summed E-state index contributed by atoms with van der Waals surface area (Å²) in [7, 11) is 0. The summed E-state index contributed by atoms with van der Waals surface area (Å²) in [5.74, 6) is 0.641. The lowest BCUT2D eigenvalue weighted by molar-refractivity contribution is -0.141. The topological polar surface area (TPSA) is 41.5 Å². The number of morpholine rings is 1. The molecule has 144 valence electrons. The second kappa shape index (κ2) is 6.05. The lowest BCUT2D eigenvalue weighted by Gasteiger charge is -2.58. The van der Waals surface area contributed by atoms with Crippen LogP contribution in [0.1, 0.15) is 26.0 Å². The van der Waals surface area contributed by atoms with Crippen molar-refractivity contribution < 1.29 is 17.9 Å². The minimum absolute atomic E-state index is 0.110. The van der Waals surface area contributed by atoms with Crippen LogP contribution in [0.4, 0.5) is 19.1 Å². The van der Waals surface area contributed by atoms with E-state index in [1.54, 1.807) is 0 Å². The maximum absolute atomic E-state index is 13.0. The van der Waals surface area contributed by atoms with Gasteiger partial charge in [0.05, 0.1) is 13.2 Å². The highest BCUT2D eigenvalue weighted by molar-refractivity contribution is 5.37. The third kappa shape index (κ3) is 3.07. The van der Waals surface area contributed by atoms with Crippen molar-refractivity contribution in [3.8, 4) is 0 Å². The Kier molecular flexibility index (Phi) is 4.19. The first-order valence-corrected chi connectivity index (χ1v) is 9.15. The molecular weight excluding hydrogens is 345 g/mol. The van der Waals surface area contributed by atoms with Crippen LogP contribution in [0.25, 0.3) is 0 Å². The summed E-state index contributed by atoms with van der Waals surface area (Å²) >= 11 is 0. The zero-order valence-corrected chi connectivity index (χ0v) is 15.2. The highest BCUT2D eigenvalue weighted by Crippen LogP contribution is 2.63. The van der Waals surface area contributed by atoms with Gasteiger partial charge in [-0.3, -0.25) is 4.90 Å². The van der Waals surface area contributed by atoms with Crippen LogP contribution in [0.2, 0.25) is 0 Å². The van der Waals surface area contributed by atoms with Crippen molar-refractivity contribution in [3.05, 3.63) is 18.0 Å². The zero-order chi connectivity index (χ0) is 18.6. The van der Waals surface area contributed by atoms with Crippen LogP contribution in [-0.4, -0.2) is 60.8 Å². The highest BCUT2D eigenvalue weighted by Gasteiger charge is 2.63. The van der Waals surface area contributed by atoms with Crippen LogP contribution in [-0.2, 0) is 10.9 Å². The van der Waals surface area contributed by atoms with Crippen molar-refractivity contribution >= 4 is 5.95 Å². The molecule has 0 aromatic carbocycles. The van der Waals surface area contributed by atoms with Gasteiger partial charge in [0.2, 0.25) is 5.95 Å². The fourth-order valence-corrected chi connectivity index (χ4v) is 5.36. The van der Waals surface area contributed by atoms with Gasteiger partial charge in [0.25, 0.3) is 0 Å². The Hall–Kier alpha value is -1.41. The Bertz CT molecular complexity index is 675. The Morgan fingerprint density at radius 1 is 1.27 bits per heavy atom. The average molecular weight is 370 g/mol. The number of fused-ring (bicyclic) bond motifs is 1. The number of ether oxygens (including phenoxy) is 1. The number of rotatable bonds is 3. The molecule has 4 rings (SSSR count). The summed E-state index contributed by atoms with van der Waals surface area (Å²) in [6, 6.07) is 0.932. The van der Waals surface area contributed by atoms with Gasteiger partial charge in [-0.05, 0) is 23.8 Å². The molecule has 0 amide bonds. The second-order valence-corrected chi connectivity index (χ2v) is 8.59. The Balaban J connectivity index is 1.55. The molecule has 0 radical (unpaired) electrons. The molecule has 1 aromatic rings. The molecule has 26 heavy (non-hydrogen) atoms. The summed E-state index contributed by atoms with van der Waals surface area (Å²) in [5, 5.41) is 0. The van der Waals surface area contributed by atoms with Crippen molar-refractivity contribution in [2.24, 2.45) is 16.7 Å². The number of nitrogens with zero attached hydrogens (tertiary/aromatic N) is 4. The predicted octanol–water partition coefficient (Wildman–Crippen LogP) is 2.68. The van der Waals surface area contributed by atoms with Crippen molar-refractivity contribution in [1.29, 1.82) is 0 Å². The van der Waals surface area contributed by atoms with E-state index in [4.69, 9.17) is 4.74 Å². The molecule has 0 spiro atoms. The summed E-state index contributed by atoms with van der Waals surface area (Å²) in [5.41, 5.74) is -0.565. The quantitative estimate of drug-likeness (QED) is 0.818. The minimum Gasteiger partial charge on any atom is -0.379 e. The Labute approximate surface area is 151 Å².